The molecule has 2 aliphatic rings. The second kappa shape index (κ2) is 11.6. The van der Waals surface area contributed by atoms with Crippen molar-refractivity contribution in [2.45, 2.75) is 39.5 Å². The second-order valence-corrected chi connectivity index (χ2v) is 9.13. The van der Waals surface area contributed by atoms with Gasteiger partial charge in [-0.15, -0.1) is 12.4 Å². The average Bonchev–Trinajstić information content (AvgIpc) is 3.40. The predicted molar refractivity (Wildman–Crippen MR) is 152 cm³/mol. The molecule has 10 heteroatoms. The molecule has 3 aromatic rings. The Morgan fingerprint density at radius 1 is 0.730 bits per heavy atom. The minimum atomic E-state index is 0. The summed E-state index contributed by atoms with van der Waals surface area (Å²) in [5.74, 6) is 1.25. The van der Waals surface area contributed by atoms with Crippen LogP contribution in [0.25, 0.3) is 21.8 Å². The number of amides is 2. The second-order valence-electron chi connectivity index (χ2n) is 9.13. The van der Waals surface area contributed by atoms with E-state index in [0.717, 1.165) is 58.9 Å². The number of pyridine rings is 1. The van der Waals surface area contributed by atoms with Crippen molar-refractivity contribution < 1.29 is 9.59 Å². The Morgan fingerprint density at radius 2 is 1.19 bits per heavy atom. The fraction of sp³-hybridized carbons (Fsp3) is 0.370. The molecule has 0 atom stereocenters. The first-order valence-electron chi connectivity index (χ1n) is 12.6. The third-order valence-corrected chi connectivity index (χ3v) is 6.44. The number of nitrogens with zero attached hydrogens (tertiary/aromatic N) is 5. The lowest BCUT2D eigenvalue weighted by Crippen LogP contribution is -2.37. The van der Waals surface area contributed by atoms with Crippen LogP contribution in [0.3, 0.4) is 0 Å². The highest BCUT2D eigenvalue weighted by molar-refractivity contribution is 6.10. The number of unbranched alkanes of at least 4 members (excludes halogenated alkanes) is 2. The first kappa shape index (κ1) is 26.3. The number of benzene rings is 2. The van der Waals surface area contributed by atoms with Crippen LogP contribution in [0.2, 0.25) is 0 Å². The van der Waals surface area contributed by atoms with Crippen LogP contribution in [0, 0.1) is 0 Å². The molecule has 2 amide bonds. The highest BCUT2D eigenvalue weighted by atomic mass is 35.5. The molecule has 37 heavy (non-hydrogen) atoms. The number of rotatable bonds is 8. The number of anilines is 2. The zero-order valence-electron chi connectivity index (χ0n) is 21.2. The Morgan fingerprint density at radius 3 is 1.62 bits per heavy atom. The van der Waals surface area contributed by atoms with E-state index in [1.165, 1.54) is 0 Å². The number of carbonyl (C=O) groups excluding carboxylic acids is 2. The molecule has 2 N–H and O–H groups in total. The van der Waals surface area contributed by atoms with Gasteiger partial charge in [0, 0.05) is 35.2 Å². The molecule has 5 rings (SSSR count). The number of hydrogen-bond donors (Lipinski definition) is 2. The largest absolute Gasteiger partial charge is 0.326 e. The van der Waals surface area contributed by atoms with E-state index in [-0.39, 0.29) is 37.3 Å². The van der Waals surface area contributed by atoms with Gasteiger partial charge >= 0.3 is 0 Å². The normalized spacial score (nSPS) is 15.3. The van der Waals surface area contributed by atoms with Gasteiger partial charge < -0.3 is 10.6 Å². The number of guanidine groups is 2. The van der Waals surface area contributed by atoms with Crippen molar-refractivity contribution in [2.24, 2.45) is 9.98 Å². The number of fused-ring (bicyclic) bond motifs is 2. The van der Waals surface area contributed by atoms with Gasteiger partial charge in [0.25, 0.3) is 11.8 Å². The Balaban J connectivity index is 0.00000320. The van der Waals surface area contributed by atoms with Crippen LogP contribution in [0.4, 0.5) is 11.4 Å². The molecule has 0 spiro atoms. The summed E-state index contributed by atoms with van der Waals surface area (Å²) in [6.07, 6.45) is 3.90. The van der Waals surface area contributed by atoms with Gasteiger partial charge in [0.15, 0.2) is 0 Å². The van der Waals surface area contributed by atoms with E-state index in [4.69, 9.17) is 4.98 Å². The van der Waals surface area contributed by atoms with E-state index in [2.05, 4.69) is 40.5 Å². The maximum absolute atomic E-state index is 12.2. The van der Waals surface area contributed by atoms with E-state index >= 15 is 0 Å². The van der Waals surface area contributed by atoms with Gasteiger partial charge in [-0.2, -0.15) is 0 Å². The summed E-state index contributed by atoms with van der Waals surface area (Å²) in [5.41, 5.74) is 3.35. The van der Waals surface area contributed by atoms with Gasteiger partial charge in [0.1, 0.15) is 13.1 Å². The van der Waals surface area contributed by atoms with Crippen molar-refractivity contribution in [1.82, 2.24) is 14.8 Å². The predicted octanol–water partition coefficient (Wildman–Crippen LogP) is 4.63. The highest BCUT2D eigenvalue weighted by Crippen LogP contribution is 2.25. The summed E-state index contributed by atoms with van der Waals surface area (Å²) in [4.78, 5) is 41.5. The van der Waals surface area contributed by atoms with Crippen molar-refractivity contribution >= 4 is 69.3 Å². The molecule has 0 unspecified atom stereocenters. The maximum atomic E-state index is 12.2. The van der Waals surface area contributed by atoms with Crippen LogP contribution in [0.5, 0.6) is 0 Å². The quantitative estimate of drug-likeness (QED) is 0.421. The fourth-order valence-electron chi connectivity index (χ4n) is 4.41. The first-order chi connectivity index (χ1) is 17.6. The first-order valence-corrected chi connectivity index (χ1v) is 12.6. The molecule has 1 aromatic heterocycles. The summed E-state index contributed by atoms with van der Waals surface area (Å²) in [5, 5.41) is 8.66. The van der Waals surface area contributed by atoms with Crippen LogP contribution < -0.4 is 10.6 Å². The molecule has 3 heterocycles. The van der Waals surface area contributed by atoms with Crippen molar-refractivity contribution in [3.8, 4) is 0 Å². The minimum Gasteiger partial charge on any atom is -0.326 e. The lowest BCUT2D eigenvalue weighted by molar-refractivity contribution is -0.125. The summed E-state index contributed by atoms with van der Waals surface area (Å²) in [7, 11) is 0. The number of hydrogen-bond acceptors (Lipinski definition) is 7. The summed E-state index contributed by atoms with van der Waals surface area (Å²) in [6.45, 7) is 5.92. The van der Waals surface area contributed by atoms with Gasteiger partial charge in [0.2, 0.25) is 11.9 Å². The number of halogens is 1. The monoisotopic (exact) mass is 521 g/mol. The van der Waals surface area contributed by atoms with Crippen LogP contribution in [-0.4, -0.2) is 64.7 Å². The van der Waals surface area contributed by atoms with Gasteiger partial charge in [-0.25, -0.2) is 15.0 Å². The molecule has 9 nitrogen and oxygen atoms in total. The summed E-state index contributed by atoms with van der Waals surface area (Å²) < 4.78 is 0. The lowest BCUT2D eigenvalue weighted by atomic mass is 10.1. The standard InChI is InChI=1S/C27H31N7O2.ClH/c1-3-5-11-33-24(35)16-28-26(33)30-20-9-7-18-13-19-8-10-21(15-23(19)32-22(18)14-20)31-27-29-17-25(36)34(27)12-6-4-2;/h7-10,13-15H,3-6,11-12,16-17H2,1-2H3,(H,28,30)(H,29,31);1H. The van der Waals surface area contributed by atoms with Crippen molar-refractivity contribution in [3.63, 3.8) is 0 Å². The van der Waals surface area contributed by atoms with Crippen LogP contribution in [0.1, 0.15) is 39.5 Å². The van der Waals surface area contributed by atoms with Crippen LogP contribution in [-0.2, 0) is 9.59 Å². The molecular weight excluding hydrogens is 490 g/mol. The zero-order valence-corrected chi connectivity index (χ0v) is 22.0. The van der Waals surface area contributed by atoms with Crippen molar-refractivity contribution in [1.29, 1.82) is 0 Å². The maximum Gasteiger partial charge on any atom is 0.251 e. The average molecular weight is 522 g/mol. The smallest absolute Gasteiger partial charge is 0.251 e. The lowest BCUT2D eigenvalue weighted by Gasteiger charge is -2.19. The van der Waals surface area contributed by atoms with Crippen LogP contribution >= 0.6 is 12.4 Å². The zero-order chi connectivity index (χ0) is 25.1. The summed E-state index contributed by atoms with van der Waals surface area (Å²) in [6, 6.07) is 14.1. The number of aromatic nitrogens is 1. The molecular formula is C27H32ClN7O2. The van der Waals surface area contributed by atoms with E-state index in [1.54, 1.807) is 9.80 Å². The van der Waals surface area contributed by atoms with Gasteiger partial charge in [-0.3, -0.25) is 19.4 Å². The summed E-state index contributed by atoms with van der Waals surface area (Å²) >= 11 is 0. The number of nitrogens with one attached hydrogen (secondary N) is 2. The molecule has 194 valence electrons. The minimum absolute atomic E-state index is 0. The SMILES string of the molecule is CCCCN1C(=O)CN=C1Nc1ccc2cc3ccc(NC4=NCC(=O)N4CCCC)cc3nc2c1.Cl. The molecule has 0 saturated carbocycles. The molecule has 2 aromatic carbocycles. The Hall–Kier alpha value is -3.72. The molecule has 0 bridgehead atoms. The molecule has 0 saturated heterocycles. The Bertz CT molecular complexity index is 1290. The van der Waals surface area contributed by atoms with E-state index < -0.39 is 0 Å². The highest BCUT2D eigenvalue weighted by Gasteiger charge is 2.26. The van der Waals surface area contributed by atoms with Crippen molar-refractivity contribution in [3.05, 3.63) is 42.5 Å². The Kier molecular flexibility index (Phi) is 8.23. The van der Waals surface area contributed by atoms with Crippen LogP contribution in [0.15, 0.2) is 52.4 Å². The fourth-order valence-corrected chi connectivity index (χ4v) is 4.41. The number of aliphatic imine (C=N–C) groups is 2. The topological polar surface area (TPSA) is 102 Å². The van der Waals surface area contributed by atoms with Gasteiger partial charge in [-0.1, -0.05) is 38.8 Å². The van der Waals surface area contributed by atoms with Gasteiger partial charge in [0.05, 0.1) is 11.0 Å². The molecule has 0 aliphatic carbocycles. The van der Waals surface area contributed by atoms with E-state index in [9.17, 15) is 9.59 Å². The molecule has 2 aliphatic heterocycles. The molecule has 0 radical (unpaired) electrons. The van der Waals surface area contributed by atoms with E-state index in [0.29, 0.717) is 25.0 Å². The van der Waals surface area contributed by atoms with Crippen molar-refractivity contribution in [2.75, 3.05) is 36.8 Å². The van der Waals surface area contributed by atoms with E-state index in [1.807, 2.05) is 36.4 Å². The van der Waals surface area contributed by atoms with Gasteiger partial charge in [-0.05, 0) is 43.2 Å². The Labute approximate surface area is 222 Å². The number of carbonyl (C=O) groups is 2. The molecule has 0 fully saturated rings. The third-order valence-electron chi connectivity index (χ3n) is 6.44. The third kappa shape index (κ3) is 5.67.